The van der Waals surface area contributed by atoms with Crippen LogP contribution >= 0.6 is 0 Å². The SMILES string of the molecule is CCN(CC)B([Si](c1ccccc1)(c1ccccc1)c1ccccc1)[Si](c1ccccc1)(c1ccccc1)c1ccccc1. The number of rotatable bonds is 11. The zero-order valence-corrected chi connectivity index (χ0v) is 27.8. The van der Waals surface area contributed by atoms with E-state index in [9.17, 15) is 0 Å². The van der Waals surface area contributed by atoms with Gasteiger partial charge in [0.2, 0.25) is 6.03 Å². The van der Waals surface area contributed by atoms with E-state index in [4.69, 9.17) is 0 Å². The molecule has 1 nitrogen and oxygen atoms in total. The van der Waals surface area contributed by atoms with Crippen LogP contribution in [0.15, 0.2) is 182 Å². The minimum absolute atomic E-state index is 0.212. The average Bonchev–Trinajstić information content (AvgIpc) is 3.12. The first-order valence-corrected chi connectivity index (χ1v) is 20.0. The molecule has 216 valence electrons. The van der Waals surface area contributed by atoms with Gasteiger partial charge in [-0.05, 0) is 13.1 Å². The Balaban J connectivity index is 1.90. The number of benzene rings is 6. The van der Waals surface area contributed by atoms with E-state index in [0.717, 1.165) is 13.1 Å². The molecule has 0 aromatic heterocycles. The van der Waals surface area contributed by atoms with Crippen LogP contribution < -0.4 is 31.1 Å². The zero-order valence-electron chi connectivity index (χ0n) is 25.8. The van der Waals surface area contributed by atoms with Gasteiger partial charge in [0.1, 0.15) is 15.9 Å². The Morgan fingerprint density at radius 3 is 0.682 bits per heavy atom. The third-order valence-corrected chi connectivity index (χ3v) is 21.8. The molecule has 0 aliphatic rings. The molecular formula is C40H40BNSi2. The van der Waals surface area contributed by atoms with Crippen LogP contribution in [-0.2, 0) is 0 Å². The van der Waals surface area contributed by atoms with Gasteiger partial charge in [-0.1, -0.05) is 227 Å². The molecule has 6 aromatic carbocycles. The summed E-state index contributed by atoms with van der Waals surface area (Å²) in [6, 6.07) is 69.2. The molecule has 0 bridgehead atoms. The molecule has 0 amide bonds. The smallest absolute Gasteiger partial charge is 0.236 e. The predicted molar refractivity (Wildman–Crippen MR) is 197 cm³/mol. The number of nitrogens with zero attached hydrogens (tertiary/aromatic N) is 1. The molecule has 0 spiro atoms. The van der Waals surface area contributed by atoms with E-state index in [-0.39, 0.29) is 6.03 Å². The Bertz CT molecular complexity index is 1390. The summed E-state index contributed by atoms with van der Waals surface area (Å²) in [5.74, 6) is 0. The van der Waals surface area contributed by atoms with Crippen molar-refractivity contribution in [3.05, 3.63) is 182 Å². The number of hydrogen-bond acceptors (Lipinski definition) is 1. The van der Waals surface area contributed by atoms with Crippen molar-refractivity contribution in [1.29, 1.82) is 0 Å². The van der Waals surface area contributed by atoms with Crippen molar-refractivity contribution in [1.82, 2.24) is 4.81 Å². The van der Waals surface area contributed by atoms with E-state index >= 15 is 0 Å². The fourth-order valence-electron chi connectivity index (χ4n) is 7.61. The van der Waals surface area contributed by atoms with Crippen LogP contribution in [0.1, 0.15) is 13.8 Å². The largest absolute Gasteiger partial charge is 0.345 e. The van der Waals surface area contributed by atoms with Crippen molar-refractivity contribution in [3.8, 4) is 0 Å². The van der Waals surface area contributed by atoms with Gasteiger partial charge in [-0.15, -0.1) is 0 Å². The maximum Gasteiger partial charge on any atom is 0.236 e. The minimum Gasteiger partial charge on any atom is -0.345 e. The van der Waals surface area contributed by atoms with Crippen LogP contribution in [0.4, 0.5) is 0 Å². The molecule has 6 rings (SSSR count). The second-order valence-corrected chi connectivity index (χ2v) is 19.8. The van der Waals surface area contributed by atoms with Gasteiger partial charge in [0.15, 0.2) is 0 Å². The lowest BCUT2D eigenvalue weighted by molar-refractivity contribution is 0.495. The van der Waals surface area contributed by atoms with E-state index in [0.29, 0.717) is 0 Å². The highest BCUT2D eigenvalue weighted by Gasteiger charge is 2.63. The molecule has 0 unspecified atom stereocenters. The van der Waals surface area contributed by atoms with Gasteiger partial charge in [-0.3, -0.25) is 0 Å². The fourth-order valence-corrected chi connectivity index (χ4v) is 23.2. The quantitative estimate of drug-likeness (QED) is 0.152. The molecule has 0 aliphatic carbocycles. The van der Waals surface area contributed by atoms with Gasteiger partial charge < -0.3 is 4.81 Å². The molecule has 0 N–H and O–H groups in total. The van der Waals surface area contributed by atoms with E-state index in [2.05, 4.69) is 201 Å². The van der Waals surface area contributed by atoms with E-state index in [1.54, 1.807) is 0 Å². The Morgan fingerprint density at radius 1 is 0.341 bits per heavy atom. The van der Waals surface area contributed by atoms with Crippen LogP contribution in [0.5, 0.6) is 0 Å². The third-order valence-electron chi connectivity index (χ3n) is 9.37. The first kappa shape index (κ1) is 29.8. The topological polar surface area (TPSA) is 3.24 Å². The van der Waals surface area contributed by atoms with Gasteiger partial charge in [0, 0.05) is 0 Å². The van der Waals surface area contributed by atoms with Gasteiger partial charge >= 0.3 is 0 Å². The summed E-state index contributed by atoms with van der Waals surface area (Å²) in [4.78, 5) is 2.83. The molecule has 0 atom stereocenters. The first-order chi connectivity index (χ1) is 21.8. The van der Waals surface area contributed by atoms with Crippen molar-refractivity contribution in [2.75, 3.05) is 13.1 Å². The summed E-state index contributed by atoms with van der Waals surface area (Å²) >= 11 is 0. The summed E-state index contributed by atoms with van der Waals surface area (Å²) in [5.41, 5.74) is 0. The molecule has 0 fully saturated rings. The van der Waals surface area contributed by atoms with Gasteiger partial charge in [0.05, 0.1) is 0 Å². The van der Waals surface area contributed by atoms with Crippen LogP contribution in [-0.4, -0.2) is 39.8 Å². The molecule has 44 heavy (non-hydrogen) atoms. The lowest BCUT2D eigenvalue weighted by Crippen LogP contribution is -2.94. The van der Waals surface area contributed by atoms with E-state index < -0.39 is 15.9 Å². The Hall–Kier alpha value is -4.22. The molecular weight excluding hydrogens is 561 g/mol. The highest BCUT2D eigenvalue weighted by molar-refractivity contribution is 7.75. The highest BCUT2D eigenvalue weighted by Crippen LogP contribution is 2.24. The van der Waals surface area contributed by atoms with Crippen molar-refractivity contribution in [3.63, 3.8) is 0 Å². The van der Waals surface area contributed by atoms with E-state index in [1.165, 1.54) is 31.1 Å². The van der Waals surface area contributed by atoms with Crippen LogP contribution in [0.25, 0.3) is 0 Å². The normalized spacial score (nSPS) is 11.8. The van der Waals surface area contributed by atoms with Crippen molar-refractivity contribution < 1.29 is 0 Å². The highest BCUT2D eigenvalue weighted by atomic mass is 28.4. The summed E-state index contributed by atoms with van der Waals surface area (Å²) in [6.07, 6.45) is 0. The van der Waals surface area contributed by atoms with Gasteiger partial charge in [-0.2, -0.15) is 0 Å². The molecule has 4 heteroatoms. The summed E-state index contributed by atoms with van der Waals surface area (Å²) < 4.78 is 0. The molecule has 0 heterocycles. The Morgan fingerprint density at radius 2 is 0.523 bits per heavy atom. The Labute approximate surface area is 265 Å². The van der Waals surface area contributed by atoms with Crippen LogP contribution in [0.2, 0.25) is 0 Å². The molecule has 0 aliphatic heterocycles. The zero-order chi connectivity index (χ0) is 30.2. The molecule has 0 radical (unpaired) electrons. The standard InChI is InChI=1S/C40H40BNSi2/c1-3-42(4-2)41(43(35-23-11-5-12-24-35,36-25-13-6-14-26-36)37-27-15-7-16-28-37)44(38-29-17-8-18-30-38,39-31-19-9-20-32-39)40-33-21-10-22-34-40/h5-34H,3-4H2,1-2H3. The second kappa shape index (κ2) is 13.6. The molecule has 0 saturated heterocycles. The molecule has 0 saturated carbocycles. The number of hydrogen-bond donors (Lipinski definition) is 0. The first-order valence-electron chi connectivity index (χ1n) is 15.8. The lowest BCUT2D eigenvalue weighted by atomic mass is 10.2. The second-order valence-electron chi connectivity index (χ2n) is 11.4. The summed E-state index contributed by atoms with van der Waals surface area (Å²) in [6.45, 7) is 6.64. The fraction of sp³-hybridized carbons (Fsp3) is 0.100. The van der Waals surface area contributed by atoms with Crippen molar-refractivity contribution in [2.45, 2.75) is 13.8 Å². The van der Waals surface area contributed by atoms with Crippen molar-refractivity contribution >= 4 is 53.0 Å². The monoisotopic (exact) mass is 601 g/mol. The van der Waals surface area contributed by atoms with Crippen LogP contribution in [0, 0.1) is 0 Å². The lowest BCUT2D eigenvalue weighted by Gasteiger charge is -2.52. The maximum atomic E-state index is 2.83. The molecule has 6 aromatic rings. The maximum absolute atomic E-state index is 2.85. The van der Waals surface area contributed by atoms with Gasteiger partial charge in [-0.25, -0.2) is 0 Å². The van der Waals surface area contributed by atoms with E-state index in [1.807, 2.05) is 0 Å². The minimum atomic E-state index is -2.85. The predicted octanol–water partition coefficient (Wildman–Crippen LogP) is 4.82. The third kappa shape index (κ3) is 5.13. The summed E-state index contributed by atoms with van der Waals surface area (Å²) in [5, 5.41) is 8.72. The van der Waals surface area contributed by atoms with Crippen LogP contribution in [0.3, 0.4) is 0 Å². The van der Waals surface area contributed by atoms with Gasteiger partial charge in [0.25, 0.3) is 0 Å². The Kier molecular flexibility index (Phi) is 9.23. The summed E-state index contributed by atoms with van der Waals surface area (Å²) in [7, 11) is -5.71. The van der Waals surface area contributed by atoms with Crippen molar-refractivity contribution in [2.24, 2.45) is 0 Å². The average molecular weight is 602 g/mol.